The first-order valence-electron chi connectivity index (χ1n) is 6.62. The van der Waals surface area contributed by atoms with Gasteiger partial charge in [-0.25, -0.2) is 0 Å². The molecule has 1 unspecified atom stereocenters. The molecule has 0 fully saturated rings. The van der Waals surface area contributed by atoms with Crippen LogP contribution in [0.1, 0.15) is 27.6 Å². The number of amides is 1. The van der Waals surface area contributed by atoms with Crippen LogP contribution in [0.5, 0.6) is 0 Å². The fourth-order valence-electron chi connectivity index (χ4n) is 2.15. The van der Waals surface area contributed by atoms with Gasteiger partial charge in [-0.05, 0) is 17.2 Å². The largest absolute Gasteiger partial charge is 0.388 e. The lowest BCUT2D eigenvalue weighted by atomic mass is 9.97. The van der Waals surface area contributed by atoms with E-state index in [2.05, 4.69) is 0 Å². The third kappa shape index (κ3) is 3.25. The highest BCUT2D eigenvalue weighted by Crippen LogP contribution is 2.21. The van der Waals surface area contributed by atoms with Crippen LogP contribution in [-0.4, -0.2) is 30.0 Å². The topological polar surface area (TPSA) is 40.5 Å². The van der Waals surface area contributed by atoms with E-state index in [4.69, 9.17) is 0 Å². The zero-order chi connectivity index (χ0) is 14.5. The minimum absolute atomic E-state index is 0.0409. The van der Waals surface area contributed by atoms with Crippen molar-refractivity contribution in [3.8, 4) is 0 Å². The van der Waals surface area contributed by atoms with Gasteiger partial charge in [-0.2, -0.15) is 0 Å². The number of hydrogen-bond donors (Lipinski definition) is 1. The van der Waals surface area contributed by atoms with Crippen molar-refractivity contribution in [2.24, 2.45) is 0 Å². The average Bonchev–Trinajstić information content (AvgIpc) is 2.48. The highest BCUT2D eigenvalue weighted by Gasteiger charge is 2.16. The maximum Gasteiger partial charge on any atom is 0.253 e. The lowest BCUT2D eigenvalue weighted by Crippen LogP contribution is -2.23. The van der Waals surface area contributed by atoms with Crippen LogP contribution < -0.4 is 0 Å². The van der Waals surface area contributed by atoms with Crippen molar-refractivity contribution in [2.75, 3.05) is 14.1 Å². The van der Waals surface area contributed by atoms with Crippen molar-refractivity contribution in [3.63, 3.8) is 0 Å². The van der Waals surface area contributed by atoms with Gasteiger partial charge in [-0.1, -0.05) is 48.5 Å². The van der Waals surface area contributed by atoms with Crippen molar-refractivity contribution in [3.05, 3.63) is 71.3 Å². The van der Waals surface area contributed by atoms with E-state index in [1.54, 1.807) is 25.1 Å². The first kappa shape index (κ1) is 14.3. The van der Waals surface area contributed by atoms with Gasteiger partial charge in [0.05, 0.1) is 6.10 Å². The molecule has 0 saturated heterocycles. The number of carbonyl (C=O) groups excluding carboxylic acids is 1. The predicted molar refractivity (Wildman–Crippen MR) is 79.6 cm³/mol. The number of benzene rings is 2. The number of carbonyl (C=O) groups is 1. The molecule has 1 amide bonds. The van der Waals surface area contributed by atoms with Gasteiger partial charge in [0.2, 0.25) is 0 Å². The van der Waals surface area contributed by atoms with Crippen molar-refractivity contribution in [2.45, 2.75) is 12.5 Å². The summed E-state index contributed by atoms with van der Waals surface area (Å²) in [6.45, 7) is 0. The molecule has 0 bridgehead atoms. The average molecular weight is 269 g/mol. The van der Waals surface area contributed by atoms with Crippen LogP contribution in [0.2, 0.25) is 0 Å². The Hall–Kier alpha value is -2.13. The Bertz CT molecular complexity index is 579. The number of rotatable bonds is 4. The summed E-state index contributed by atoms with van der Waals surface area (Å²) in [5.74, 6) is -0.0409. The molecule has 20 heavy (non-hydrogen) atoms. The second-order valence-corrected chi connectivity index (χ2v) is 4.99. The SMILES string of the molecule is CN(C)C(=O)c1ccccc1CC(O)c1ccccc1. The van der Waals surface area contributed by atoms with Crippen LogP contribution >= 0.6 is 0 Å². The van der Waals surface area contributed by atoms with Gasteiger partial charge < -0.3 is 10.0 Å². The first-order chi connectivity index (χ1) is 9.59. The second kappa shape index (κ2) is 6.35. The van der Waals surface area contributed by atoms with Gasteiger partial charge in [0.1, 0.15) is 0 Å². The molecule has 2 aromatic rings. The molecule has 0 aliphatic heterocycles. The third-order valence-corrected chi connectivity index (χ3v) is 3.25. The standard InChI is InChI=1S/C17H19NO2/c1-18(2)17(20)15-11-7-6-10-14(15)12-16(19)13-8-4-3-5-9-13/h3-11,16,19H,12H2,1-2H3. The molecule has 0 aliphatic rings. The van der Waals surface area contributed by atoms with Crippen LogP contribution in [0.3, 0.4) is 0 Å². The van der Waals surface area contributed by atoms with E-state index < -0.39 is 6.10 Å². The van der Waals surface area contributed by atoms with Gasteiger partial charge in [-0.3, -0.25) is 4.79 Å². The Morgan fingerprint density at radius 3 is 2.30 bits per heavy atom. The van der Waals surface area contributed by atoms with Crippen molar-refractivity contribution >= 4 is 5.91 Å². The summed E-state index contributed by atoms with van der Waals surface area (Å²) in [6.07, 6.45) is -0.174. The Morgan fingerprint density at radius 2 is 1.65 bits per heavy atom. The highest BCUT2D eigenvalue weighted by atomic mass is 16.3. The van der Waals surface area contributed by atoms with Crippen molar-refractivity contribution in [1.82, 2.24) is 4.90 Å². The van der Waals surface area contributed by atoms with Gasteiger partial charge in [-0.15, -0.1) is 0 Å². The third-order valence-electron chi connectivity index (χ3n) is 3.25. The van der Waals surface area contributed by atoms with E-state index in [9.17, 15) is 9.90 Å². The summed E-state index contributed by atoms with van der Waals surface area (Å²) in [4.78, 5) is 13.7. The minimum atomic E-state index is -0.604. The van der Waals surface area contributed by atoms with Crippen LogP contribution in [0.4, 0.5) is 0 Å². The zero-order valence-corrected chi connectivity index (χ0v) is 11.8. The predicted octanol–water partition coefficient (Wildman–Crippen LogP) is 2.66. The monoisotopic (exact) mass is 269 g/mol. The number of nitrogens with zero attached hydrogens (tertiary/aromatic N) is 1. The Labute approximate surface area is 119 Å². The molecule has 0 radical (unpaired) electrons. The van der Waals surface area contributed by atoms with Gasteiger partial charge in [0.15, 0.2) is 0 Å². The Balaban J connectivity index is 2.24. The summed E-state index contributed by atoms with van der Waals surface area (Å²) < 4.78 is 0. The molecule has 104 valence electrons. The molecular weight excluding hydrogens is 250 g/mol. The normalized spacial score (nSPS) is 11.9. The van der Waals surface area contributed by atoms with Crippen LogP contribution in [-0.2, 0) is 6.42 Å². The zero-order valence-electron chi connectivity index (χ0n) is 11.8. The van der Waals surface area contributed by atoms with Gasteiger partial charge in [0.25, 0.3) is 5.91 Å². The smallest absolute Gasteiger partial charge is 0.253 e. The second-order valence-electron chi connectivity index (χ2n) is 4.99. The lowest BCUT2D eigenvalue weighted by molar-refractivity contribution is 0.0825. The summed E-state index contributed by atoms with van der Waals surface area (Å²) in [5, 5.41) is 10.3. The van der Waals surface area contributed by atoms with Crippen LogP contribution in [0.15, 0.2) is 54.6 Å². The van der Waals surface area contributed by atoms with Gasteiger partial charge in [0, 0.05) is 26.1 Å². The molecule has 2 aromatic carbocycles. The molecule has 0 heterocycles. The summed E-state index contributed by atoms with van der Waals surface area (Å²) in [7, 11) is 3.46. The Kier molecular flexibility index (Phi) is 4.53. The molecule has 0 saturated carbocycles. The lowest BCUT2D eigenvalue weighted by Gasteiger charge is -2.16. The molecule has 3 heteroatoms. The van der Waals surface area contributed by atoms with E-state index in [1.807, 2.05) is 48.5 Å². The minimum Gasteiger partial charge on any atom is -0.388 e. The van der Waals surface area contributed by atoms with Gasteiger partial charge >= 0.3 is 0 Å². The fraction of sp³-hybridized carbons (Fsp3) is 0.235. The first-order valence-corrected chi connectivity index (χ1v) is 6.62. The van der Waals surface area contributed by atoms with Crippen LogP contribution in [0, 0.1) is 0 Å². The van der Waals surface area contributed by atoms with Crippen molar-refractivity contribution in [1.29, 1.82) is 0 Å². The van der Waals surface area contributed by atoms with E-state index in [1.165, 1.54) is 0 Å². The summed E-state index contributed by atoms with van der Waals surface area (Å²) in [6, 6.07) is 16.9. The van der Waals surface area contributed by atoms with Crippen molar-refractivity contribution < 1.29 is 9.90 Å². The highest BCUT2D eigenvalue weighted by molar-refractivity contribution is 5.95. The fourth-order valence-corrected chi connectivity index (χ4v) is 2.15. The number of hydrogen-bond acceptors (Lipinski definition) is 2. The maximum atomic E-state index is 12.1. The molecule has 1 atom stereocenters. The summed E-state index contributed by atoms with van der Waals surface area (Å²) in [5.41, 5.74) is 2.37. The molecule has 0 aliphatic carbocycles. The molecule has 2 rings (SSSR count). The van der Waals surface area contributed by atoms with E-state index >= 15 is 0 Å². The summed E-state index contributed by atoms with van der Waals surface area (Å²) >= 11 is 0. The van der Waals surface area contributed by atoms with E-state index in [0.29, 0.717) is 12.0 Å². The molecule has 1 N–H and O–H groups in total. The number of aliphatic hydroxyl groups excluding tert-OH is 1. The molecule has 3 nitrogen and oxygen atoms in total. The molecule has 0 spiro atoms. The molecular formula is C17H19NO2. The quantitative estimate of drug-likeness (QED) is 0.927. The van der Waals surface area contributed by atoms with E-state index in [-0.39, 0.29) is 5.91 Å². The molecule has 0 aromatic heterocycles. The van der Waals surface area contributed by atoms with E-state index in [0.717, 1.165) is 11.1 Å². The maximum absolute atomic E-state index is 12.1. The number of aliphatic hydroxyl groups is 1. The van der Waals surface area contributed by atoms with Crippen LogP contribution in [0.25, 0.3) is 0 Å². The Morgan fingerprint density at radius 1 is 1.05 bits per heavy atom.